The molecule has 2 N–H and O–H groups in total. The van der Waals surface area contributed by atoms with Crippen LogP contribution in [0.2, 0.25) is 0 Å². The van der Waals surface area contributed by atoms with Crippen molar-refractivity contribution < 1.29 is 4.42 Å². The molecule has 1 aliphatic carbocycles. The van der Waals surface area contributed by atoms with Crippen LogP contribution in [0.25, 0.3) is 49.6 Å². The monoisotopic (exact) mass is 722 g/mol. The Balaban J connectivity index is 1.11. The SMILES string of the molecule is C1=Cc2ccc(C3=NC(c4cccc5oc6cc(N(c7ccccc7)c7ccccc7)c7ccccc7c6c45)NC(c4ccc5ccccc5c4)N3)cc2CC1. The lowest BCUT2D eigenvalue weighted by Crippen LogP contribution is -2.45. The first-order valence-corrected chi connectivity index (χ1v) is 19.4. The van der Waals surface area contributed by atoms with E-state index in [0.717, 1.165) is 85.1 Å². The van der Waals surface area contributed by atoms with Crippen LogP contribution in [0.4, 0.5) is 17.1 Å². The molecule has 268 valence electrons. The highest BCUT2D eigenvalue weighted by Crippen LogP contribution is 2.46. The predicted molar refractivity (Wildman–Crippen MR) is 232 cm³/mol. The van der Waals surface area contributed by atoms with Crippen molar-refractivity contribution in [3.63, 3.8) is 0 Å². The highest BCUT2D eigenvalue weighted by atomic mass is 16.3. The first-order chi connectivity index (χ1) is 27.7. The second-order valence-corrected chi connectivity index (χ2v) is 14.7. The third kappa shape index (κ3) is 5.55. The molecule has 5 heteroatoms. The molecule has 2 aliphatic rings. The zero-order chi connectivity index (χ0) is 37.0. The van der Waals surface area contributed by atoms with Gasteiger partial charge in [-0.1, -0.05) is 133 Å². The fraction of sp³-hybridized carbons (Fsp3) is 0.0784. The summed E-state index contributed by atoms with van der Waals surface area (Å²) in [4.78, 5) is 7.80. The van der Waals surface area contributed by atoms with Crippen LogP contribution in [0, 0.1) is 0 Å². The van der Waals surface area contributed by atoms with E-state index >= 15 is 0 Å². The fourth-order valence-electron chi connectivity index (χ4n) is 8.69. The summed E-state index contributed by atoms with van der Waals surface area (Å²) < 4.78 is 6.86. The summed E-state index contributed by atoms with van der Waals surface area (Å²) in [5, 5.41) is 14.6. The minimum absolute atomic E-state index is 0.185. The maximum Gasteiger partial charge on any atom is 0.138 e. The van der Waals surface area contributed by atoms with Crippen LogP contribution in [-0.4, -0.2) is 5.84 Å². The highest BCUT2D eigenvalue weighted by molar-refractivity contribution is 6.23. The zero-order valence-electron chi connectivity index (χ0n) is 30.7. The van der Waals surface area contributed by atoms with Crippen LogP contribution in [0.3, 0.4) is 0 Å². The van der Waals surface area contributed by atoms with Crippen molar-refractivity contribution in [2.24, 2.45) is 4.99 Å². The summed E-state index contributed by atoms with van der Waals surface area (Å²) in [6.45, 7) is 0. The molecule has 56 heavy (non-hydrogen) atoms. The molecule has 5 nitrogen and oxygen atoms in total. The fourth-order valence-corrected chi connectivity index (χ4v) is 8.69. The normalized spacial score (nSPS) is 16.5. The van der Waals surface area contributed by atoms with Crippen molar-refractivity contribution in [3.05, 3.63) is 204 Å². The van der Waals surface area contributed by atoms with Crippen molar-refractivity contribution in [1.29, 1.82) is 0 Å². The number of anilines is 3. The summed E-state index contributed by atoms with van der Waals surface area (Å²) >= 11 is 0. The largest absolute Gasteiger partial charge is 0.456 e. The minimum atomic E-state index is -0.355. The van der Waals surface area contributed by atoms with Gasteiger partial charge in [-0.25, -0.2) is 4.99 Å². The topological polar surface area (TPSA) is 52.8 Å². The summed E-state index contributed by atoms with van der Waals surface area (Å²) in [5.74, 6) is 0.877. The third-order valence-corrected chi connectivity index (χ3v) is 11.3. The molecule has 1 aliphatic heterocycles. The smallest absolute Gasteiger partial charge is 0.138 e. The number of aryl methyl sites for hydroxylation is 1. The molecule has 9 aromatic rings. The van der Waals surface area contributed by atoms with E-state index in [1.54, 1.807) is 0 Å². The number of nitrogens with zero attached hydrogens (tertiary/aromatic N) is 2. The molecule has 0 radical (unpaired) electrons. The minimum Gasteiger partial charge on any atom is -0.456 e. The van der Waals surface area contributed by atoms with E-state index in [9.17, 15) is 0 Å². The van der Waals surface area contributed by atoms with Gasteiger partial charge in [0.2, 0.25) is 0 Å². The number of benzene rings is 8. The van der Waals surface area contributed by atoms with Gasteiger partial charge >= 0.3 is 0 Å². The van der Waals surface area contributed by atoms with Gasteiger partial charge in [-0.3, -0.25) is 5.32 Å². The van der Waals surface area contributed by atoms with Gasteiger partial charge in [0, 0.05) is 44.7 Å². The second kappa shape index (κ2) is 13.4. The molecule has 2 heterocycles. The molecular weight excluding hydrogens is 685 g/mol. The Bertz CT molecular complexity index is 2960. The molecule has 0 fully saturated rings. The standard InChI is InChI=1S/C51H38N4O/c1-3-18-39(19-4-1)55(40-20-5-2-6-21-40)44-32-46-47(42-23-12-11-22-41(42)44)48-43(24-13-25-45(48)56-46)51-53-49(37-28-26-33-14-7-9-16-35(33)30-37)52-50(54-51)38-29-27-34-15-8-10-17-36(34)31-38/h1-9,11-16,18-32,49,51,53H,10,17H2,(H,52,54). The van der Waals surface area contributed by atoms with Crippen LogP contribution < -0.4 is 15.5 Å². The molecule has 11 rings (SSSR count). The number of furan rings is 1. The Labute approximate surface area is 325 Å². The van der Waals surface area contributed by atoms with Crippen LogP contribution >= 0.6 is 0 Å². The molecule has 0 saturated heterocycles. The number of allylic oxidation sites excluding steroid dienone is 1. The molecule has 1 aromatic heterocycles. The molecule has 0 bridgehead atoms. The second-order valence-electron chi connectivity index (χ2n) is 14.7. The molecular formula is C51H38N4O. The van der Waals surface area contributed by atoms with E-state index in [1.807, 2.05) is 0 Å². The Morgan fingerprint density at radius 2 is 1.36 bits per heavy atom. The number of aliphatic imine (C=N–C) groups is 1. The average Bonchev–Trinajstić information content (AvgIpc) is 3.66. The lowest BCUT2D eigenvalue weighted by Gasteiger charge is -2.33. The lowest BCUT2D eigenvalue weighted by molar-refractivity contribution is 0.411. The number of hydrogen-bond donors (Lipinski definition) is 2. The van der Waals surface area contributed by atoms with Crippen molar-refractivity contribution in [3.8, 4) is 0 Å². The number of para-hydroxylation sites is 2. The van der Waals surface area contributed by atoms with Crippen LogP contribution in [0.5, 0.6) is 0 Å². The molecule has 2 unspecified atom stereocenters. The molecule has 2 atom stereocenters. The molecule has 0 amide bonds. The Hall–Kier alpha value is -6.95. The van der Waals surface area contributed by atoms with E-state index < -0.39 is 0 Å². The zero-order valence-corrected chi connectivity index (χ0v) is 30.7. The third-order valence-electron chi connectivity index (χ3n) is 11.3. The van der Waals surface area contributed by atoms with Crippen LogP contribution in [0.1, 0.15) is 46.6 Å². The van der Waals surface area contributed by atoms with E-state index in [4.69, 9.17) is 9.41 Å². The van der Waals surface area contributed by atoms with Gasteiger partial charge in [0.05, 0.1) is 5.69 Å². The van der Waals surface area contributed by atoms with Crippen LogP contribution in [-0.2, 0) is 6.42 Å². The van der Waals surface area contributed by atoms with E-state index in [0.29, 0.717) is 0 Å². The number of nitrogens with one attached hydrogen (secondary N) is 2. The van der Waals surface area contributed by atoms with Gasteiger partial charge in [-0.05, 0) is 88.2 Å². The van der Waals surface area contributed by atoms with Gasteiger partial charge in [0.25, 0.3) is 0 Å². The Kier molecular flexibility index (Phi) is 7.78. The first kappa shape index (κ1) is 32.5. The van der Waals surface area contributed by atoms with Crippen molar-refractivity contribution in [2.45, 2.75) is 25.2 Å². The first-order valence-electron chi connectivity index (χ1n) is 19.4. The number of amidine groups is 1. The highest BCUT2D eigenvalue weighted by Gasteiger charge is 2.29. The molecule has 0 saturated carbocycles. The quantitative estimate of drug-likeness (QED) is 0.179. The van der Waals surface area contributed by atoms with E-state index in [-0.39, 0.29) is 12.3 Å². The van der Waals surface area contributed by atoms with Crippen LogP contribution in [0.15, 0.2) is 185 Å². The Morgan fingerprint density at radius 3 is 2.18 bits per heavy atom. The van der Waals surface area contributed by atoms with Gasteiger partial charge in [-0.2, -0.15) is 0 Å². The van der Waals surface area contributed by atoms with Gasteiger partial charge < -0.3 is 14.6 Å². The summed E-state index contributed by atoms with van der Waals surface area (Å²) in [6, 6.07) is 60.4. The summed E-state index contributed by atoms with van der Waals surface area (Å²) in [7, 11) is 0. The number of hydrogen-bond acceptors (Lipinski definition) is 5. The summed E-state index contributed by atoms with van der Waals surface area (Å²) in [6.07, 6.45) is 6.05. The lowest BCUT2D eigenvalue weighted by atomic mass is 9.94. The van der Waals surface area contributed by atoms with Gasteiger partial charge in [0.15, 0.2) is 0 Å². The predicted octanol–water partition coefficient (Wildman–Crippen LogP) is 12.7. The van der Waals surface area contributed by atoms with E-state index in [2.05, 4.69) is 198 Å². The van der Waals surface area contributed by atoms with Crippen molar-refractivity contribution >= 4 is 72.5 Å². The maximum absolute atomic E-state index is 6.86. The number of fused-ring (bicyclic) bond motifs is 7. The van der Waals surface area contributed by atoms with E-state index in [1.165, 1.54) is 21.9 Å². The molecule has 0 spiro atoms. The Morgan fingerprint density at radius 1 is 0.607 bits per heavy atom. The molecule has 8 aromatic carbocycles. The van der Waals surface area contributed by atoms with Gasteiger partial charge in [0.1, 0.15) is 29.3 Å². The average molecular weight is 723 g/mol. The van der Waals surface area contributed by atoms with Crippen molar-refractivity contribution in [2.75, 3.05) is 4.90 Å². The van der Waals surface area contributed by atoms with Gasteiger partial charge in [-0.15, -0.1) is 0 Å². The van der Waals surface area contributed by atoms with Crippen molar-refractivity contribution in [1.82, 2.24) is 10.6 Å². The summed E-state index contributed by atoms with van der Waals surface area (Å²) in [5.41, 5.74) is 10.9. The maximum atomic E-state index is 6.86. The number of rotatable bonds is 6.